The van der Waals surface area contributed by atoms with E-state index < -0.39 is 32.7 Å². The average Bonchev–Trinajstić information content (AvgIpc) is 2.57. The Kier molecular flexibility index (Phi) is 5.79. The van der Waals surface area contributed by atoms with Crippen LogP contribution in [0.4, 0.5) is 21.5 Å². The Morgan fingerprint density at radius 2 is 1.81 bits per heavy atom. The Balaban J connectivity index is 2.34. The molecule has 1 unspecified atom stereocenters. The molecule has 0 bridgehead atoms. The molecule has 0 radical (unpaired) electrons. The lowest BCUT2D eigenvalue weighted by Gasteiger charge is -2.28. The number of nitro benzene ring substituents is 1. The van der Waals surface area contributed by atoms with Crippen molar-refractivity contribution in [3.05, 3.63) is 64.0 Å². The van der Waals surface area contributed by atoms with Gasteiger partial charge in [0.15, 0.2) is 0 Å². The highest BCUT2D eigenvalue weighted by atomic mass is 32.2. The number of benzene rings is 2. The summed E-state index contributed by atoms with van der Waals surface area (Å²) in [4.78, 5) is 22.9. The molecule has 1 atom stereocenters. The molecular formula is C17H18FN3O5S. The number of sulfonamides is 1. The minimum atomic E-state index is -3.86. The molecule has 0 aliphatic carbocycles. The lowest BCUT2D eigenvalue weighted by molar-refractivity contribution is -0.384. The molecule has 0 aliphatic rings. The standard InChI is InChI=1S/C17H18FN3O5S/c1-11-4-7-15(21(23)24)10-16(11)19-17(22)12(2)20(27(3,25)26)14-8-5-13(18)6-9-14/h4-10,12H,1-3H3,(H,19,22). The summed E-state index contributed by atoms with van der Waals surface area (Å²) in [5.41, 5.74) is 0.696. The van der Waals surface area contributed by atoms with Crippen molar-refractivity contribution in [3.63, 3.8) is 0 Å². The normalized spacial score (nSPS) is 12.3. The van der Waals surface area contributed by atoms with Crippen molar-refractivity contribution in [1.29, 1.82) is 0 Å². The first-order chi connectivity index (χ1) is 12.5. The van der Waals surface area contributed by atoms with Crippen molar-refractivity contribution in [2.24, 2.45) is 0 Å². The van der Waals surface area contributed by atoms with Crippen LogP contribution in [0.5, 0.6) is 0 Å². The van der Waals surface area contributed by atoms with Crippen molar-refractivity contribution in [1.82, 2.24) is 0 Å². The van der Waals surface area contributed by atoms with Crippen molar-refractivity contribution in [2.45, 2.75) is 19.9 Å². The maximum Gasteiger partial charge on any atom is 0.271 e. The Morgan fingerprint density at radius 3 is 2.33 bits per heavy atom. The number of non-ortho nitro benzene ring substituents is 1. The average molecular weight is 395 g/mol. The molecule has 2 aromatic rings. The number of nitrogens with zero attached hydrogens (tertiary/aromatic N) is 2. The van der Waals surface area contributed by atoms with Crippen LogP contribution in [0.3, 0.4) is 0 Å². The third-order valence-corrected chi connectivity index (χ3v) is 5.10. The maximum atomic E-state index is 13.1. The molecule has 10 heteroatoms. The third kappa shape index (κ3) is 4.79. The van der Waals surface area contributed by atoms with E-state index in [1.807, 2.05) is 0 Å². The van der Waals surface area contributed by atoms with Gasteiger partial charge in [-0.25, -0.2) is 12.8 Å². The summed E-state index contributed by atoms with van der Waals surface area (Å²) >= 11 is 0. The number of anilines is 2. The summed E-state index contributed by atoms with van der Waals surface area (Å²) in [6, 6.07) is 7.47. The molecule has 2 aromatic carbocycles. The second-order valence-corrected chi connectivity index (χ2v) is 7.82. The summed E-state index contributed by atoms with van der Waals surface area (Å²) in [5.74, 6) is -1.23. The lowest BCUT2D eigenvalue weighted by Crippen LogP contribution is -2.45. The van der Waals surface area contributed by atoms with E-state index in [9.17, 15) is 27.7 Å². The SMILES string of the molecule is Cc1ccc([N+](=O)[O-])cc1NC(=O)C(C)N(c1ccc(F)cc1)S(C)(=O)=O. The zero-order chi connectivity index (χ0) is 20.4. The van der Waals surface area contributed by atoms with Crippen LogP contribution in [-0.4, -0.2) is 31.5 Å². The number of halogens is 1. The quantitative estimate of drug-likeness (QED) is 0.597. The molecule has 27 heavy (non-hydrogen) atoms. The maximum absolute atomic E-state index is 13.1. The molecule has 0 heterocycles. The summed E-state index contributed by atoms with van der Waals surface area (Å²) in [7, 11) is -3.86. The van der Waals surface area contributed by atoms with E-state index in [2.05, 4.69) is 5.32 Å². The van der Waals surface area contributed by atoms with Gasteiger partial charge in [-0.3, -0.25) is 19.2 Å². The van der Waals surface area contributed by atoms with Crippen molar-refractivity contribution in [3.8, 4) is 0 Å². The number of nitro groups is 1. The number of hydrogen-bond acceptors (Lipinski definition) is 5. The van der Waals surface area contributed by atoms with Crippen molar-refractivity contribution >= 4 is 33.0 Å². The van der Waals surface area contributed by atoms with Crippen molar-refractivity contribution < 1.29 is 22.5 Å². The minimum Gasteiger partial charge on any atom is -0.324 e. The van der Waals surface area contributed by atoms with Crippen molar-refractivity contribution in [2.75, 3.05) is 15.9 Å². The molecule has 0 saturated carbocycles. The predicted molar refractivity (Wildman–Crippen MR) is 99.6 cm³/mol. The summed E-state index contributed by atoms with van der Waals surface area (Å²) in [5, 5.41) is 13.4. The monoisotopic (exact) mass is 395 g/mol. The molecule has 0 fully saturated rings. The van der Waals surface area contributed by atoms with Gasteiger partial charge in [-0.1, -0.05) is 6.07 Å². The van der Waals surface area contributed by atoms with Gasteiger partial charge in [0.2, 0.25) is 15.9 Å². The molecule has 0 aromatic heterocycles. The Morgan fingerprint density at radius 1 is 1.22 bits per heavy atom. The molecule has 0 aliphatic heterocycles. The van der Waals surface area contributed by atoms with Crippen LogP contribution in [0, 0.1) is 22.9 Å². The van der Waals surface area contributed by atoms with Gasteiger partial charge in [-0.15, -0.1) is 0 Å². The van der Waals surface area contributed by atoms with Gasteiger partial charge in [-0.05, 0) is 43.7 Å². The first kappa shape index (κ1) is 20.3. The minimum absolute atomic E-state index is 0.123. The summed E-state index contributed by atoms with van der Waals surface area (Å²) < 4.78 is 38.4. The van der Waals surface area contributed by atoms with E-state index >= 15 is 0 Å². The zero-order valence-electron chi connectivity index (χ0n) is 14.8. The van der Waals surface area contributed by atoms with E-state index in [4.69, 9.17) is 0 Å². The number of rotatable bonds is 6. The summed E-state index contributed by atoms with van der Waals surface area (Å²) in [6.07, 6.45) is 0.929. The predicted octanol–water partition coefficient (Wildman–Crippen LogP) is 2.84. The molecule has 8 nitrogen and oxygen atoms in total. The van der Waals surface area contributed by atoms with E-state index in [1.165, 1.54) is 37.3 Å². The second-order valence-electron chi connectivity index (χ2n) is 5.96. The zero-order valence-corrected chi connectivity index (χ0v) is 15.7. The number of carbonyl (C=O) groups excluding carboxylic acids is 1. The Labute approximate surface area is 155 Å². The molecular weight excluding hydrogens is 377 g/mol. The van der Waals surface area contributed by atoms with Crippen LogP contribution < -0.4 is 9.62 Å². The number of aryl methyl sites for hydroxylation is 1. The van der Waals surface area contributed by atoms with Crippen LogP contribution in [0.1, 0.15) is 12.5 Å². The molecule has 1 N–H and O–H groups in total. The fraction of sp³-hybridized carbons (Fsp3) is 0.235. The van der Waals surface area contributed by atoms with Gasteiger partial charge in [-0.2, -0.15) is 0 Å². The molecule has 2 rings (SSSR count). The first-order valence-corrected chi connectivity index (χ1v) is 9.66. The number of amides is 1. The van der Waals surface area contributed by atoms with Crippen LogP contribution >= 0.6 is 0 Å². The highest BCUT2D eigenvalue weighted by Gasteiger charge is 2.29. The van der Waals surface area contributed by atoms with Gasteiger partial charge in [0.25, 0.3) is 5.69 Å². The fourth-order valence-corrected chi connectivity index (χ4v) is 3.67. The summed E-state index contributed by atoms with van der Waals surface area (Å²) in [6.45, 7) is 3.02. The third-order valence-electron chi connectivity index (χ3n) is 3.86. The van der Waals surface area contributed by atoms with Gasteiger partial charge < -0.3 is 5.32 Å². The van der Waals surface area contributed by atoms with E-state index in [1.54, 1.807) is 6.92 Å². The molecule has 0 spiro atoms. The highest BCUT2D eigenvalue weighted by molar-refractivity contribution is 7.92. The second kappa shape index (κ2) is 7.70. The van der Waals surface area contributed by atoms with Crippen LogP contribution in [0.25, 0.3) is 0 Å². The smallest absolute Gasteiger partial charge is 0.271 e. The number of carbonyl (C=O) groups is 1. The van der Waals surface area contributed by atoms with Gasteiger partial charge >= 0.3 is 0 Å². The Bertz CT molecular complexity index is 977. The Hall–Kier alpha value is -3.01. The van der Waals surface area contributed by atoms with Gasteiger partial charge in [0, 0.05) is 12.1 Å². The van der Waals surface area contributed by atoms with E-state index in [0.717, 1.165) is 22.7 Å². The molecule has 144 valence electrons. The number of hydrogen-bond donors (Lipinski definition) is 1. The van der Waals surface area contributed by atoms with Crippen LogP contribution in [0.15, 0.2) is 42.5 Å². The fourth-order valence-electron chi connectivity index (χ4n) is 2.49. The van der Waals surface area contributed by atoms with E-state index in [0.29, 0.717) is 5.56 Å². The molecule has 1 amide bonds. The number of nitrogens with one attached hydrogen (secondary N) is 1. The van der Waals surface area contributed by atoms with Crippen LogP contribution in [-0.2, 0) is 14.8 Å². The topological polar surface area (TPSA) is 110 Å². The lowest BCUT2D eigenvalue weighted by atomic mass is 10.1. The van der Waals surface area contributed by atoms with Gasteiger partial charge in [0.05, 0.1) is 22.6 Å². The largest absolute Gasteiger partial charge is 0.324 e. The first-order valence-electron chi connectivity index (χ1n) is 7.81. The molecule has 0 saturated heterocycles. The van der Waals surface area contributed by atoms with E-state index in [-0.39, 0.29) is 17.1 Å². The van der Waals surface area contributed by atoms with Gasteiger partial charge in [0.1, 0.15) is 11.9 Å². The van der Waals surface area contributed by atoms with Crippen LogP contribution in [0.2, 0.25) is 0 Å². The highest BCUT2D eigenvalue weighted by Crippen LogP contribution is 2.25.